The smallest absolute Gasteiger partial charge is 0.281 e. The zero-order valence-electron chi connectivity index (χ0n) is 16.6. The van der Waals surface area contributed by atoms with Crippen molar-refractivity contribution in [3.05, 3.63) is 66.2 Å². The van der Waals surface area contributed by atoms with Gasteiger partial charge in [0.1, 0.15) is 5.75 Å². The highest BCUT2D eigenvalue weighted by atomic mass is 16.8. The molecule has 2 aromatic rings. The number of carbonyl (C=O) groups is 1. The van der Waals surface area contributed by atoms with Gasteiger partial charge < -0.3 is 4.74 Å². The third kappa shape index (κ3) is 4.57. The van der Waals surface area contributed by atoms with Crippen LogP contribution in [-0.2, 0) is 4.84 Å². The summed E-state index contributed by atoms with van der Waals surface area (Å²) >= 11 is 0. The van der Waals surface area contributed by atoms with Crippen LogP contribution < -0.4 is 4.74 Å². The molecule has 1 heterocycles. The first-order valence-electron chi connectivity index (χ1n) is 9.58. The van der Waals surface area contributed by atoms with Crippen molar-refractivity contribution in [2.24, 2.45) is 0 Å². The second-order valence-corrected chi connectivity index (χ2v) is 8.37. The van der Waals surface area contributed by atoms with Crippen molar-refractivity contribution in [2.75, 3.05) is 0 Å². The Hall–Kier alpha value is -2.17. The minimum Gasteiger partial charge on any atom is -0.455 e. The molecule has 4 heteroatoms. The topological polar surface area (TPSA) is 38.8 Å². The summed E-state index contributed by atoms with van der Waals surface area (Å²) in [7, 11) is 0. The summed E-state index contributed by atoms with van der Waals surface area (Å²) in [6, 6.07) is 18.5. The number of ether oxygens (including phenoxy) is 1. The van der Waals surface area contributed by atoms with E-state index in [0.29, 0.717) is 11.3 Å². The van der Waals surface area contributed by atoms with Crippen molar-refractivity contribution in [1.82, 2.24) is 5.06 Å². The van der Waals surface area contributed by atoms with Crippen LogP contribution in [-0.4, -0.2) is 28.2 Å². The van der Waals surface area contributed by atoms with Crippen molar-refractivity contribution < 1.29 is 14.4 Å². The molecule has 1 aliphatic rings. The van der Waals surface area contributed by atoms with Crippen LogP contribution in [0.25, 0.3) is 0 Å². The standard InChI is InChI=1S/C23H29NO3/c1-22(2)16-11-17-23(3,4)24(22)27-21(26-19-14-9-6-10-15-19)20(25)18-12-7-5-8-13-18/h5-10,12-15,21H,11,16-17H2,1-4H3. The van der Waals surface area contributed by atoms with Crippen molar-refractivity contribution >= 4 is 5.78 Å². The molecule has 0 saturated carbocycles. The van der Waals surface area contributed by atoms with Gasteiger partial charge in [-0.05, 0) is 59.1 Å². The van der Waals surface area contributed by atoms with Crippen LogP contribution >= 0.6 is 0 Å². The summed E-state index contributed by atoms with van der Waals surface area (Å²) in [4.78, 5) is 19.5. The number of benzene rings is 2. The molecule has 4 nitrogen and oxygen atoms in total. The predicted molar refractivity (Wildman–Crippen MR) is 107 cm³/mol. The Morgan fingerprint density at radius 1 is 0.889 bits per heavy atom. The fourth-order valence-electron chi connectivity index (χ4n) is 3.84. The van der Waals surface area contributed by atoms with Crippen LogP contribution in [0.2, 0.25) is 0 Å². The highest BCUT2D eigenvalue weighted by molar-refractivity contribution is 5.98. The molecule has 0 radical (unpaired) electrons. The number of hydrogen-bond donors (Lipinski definition) is 0. The number of hydroxylamine groups is 2. The van der Waals surface area contributed by atoms with E-state index in [9.17, 15) is 4.79 Å². The molecule has 1 unspecified atom stereocenters. The van der Waals surface area contributed by atoms with E-state index in [2.05, 4.69) is 27.7 Å². The lowest BCUT2D eigenvalue weighted by Crippen LogP contribution is -2.60. The van der Waals surface area contributed by atoms with Gasteiger partial charge in [0.25, 0.3) is 6.29 Å². The van der Waals surface area contributed by atoms with E-state index in [1.54, 1.807) is 12.1 Å². The molecule has 0 amide bonds. The molecule has 1 fully saturated rings. The lowest BCUT2D eigenvalue weighted by Gasteiger charge is -2.51. The minimum absolute atomic E-state index is 0.184. The second kappa shape index (κ2) is 7.83. The molecule has 0 spiro atoms. The normalized spacial score (nSPS) is 20.0. The molecular weight excluding hydrogens is 338 g/mol. The molecule has 1 atom stereocenters. The molecule has 3 rings (SSSR count). The van der Waals surface area contributed by atoms with Crippen molar-refractivity contribution in [1.29, 1.82) is 0 Å². The van der Waals surface area contributed by atoms with Crippen molar-refractivity contribution in [3.8, 4) is 5.75 Å². The highest BCUT2D eigenvalue weighted by Gasteiger charge is 2.45. The molecule has 27 heavy (non-hydrogen) atoms. The average Bonchev–Trinajstić information content (AvgIpc) is 2.64. The average molecular weight is 367 g/mol. The van der Waals surface area contributed by atoms with Crippen LogP contribution in [0.1, 0.15) is 57.3 Å². The number of para-hydroxylation sites is 1. The minimum atomic E-state index is -1.04. The zero-order chi connectivity index (χ0) is 19.5. The molecular formula is C23H29NO3. The fourth-order valence-corrected chi connectivity index (χ4v) is 3.84. The molecule has 144 valence electrons. The Morgan fingerprint density at radius 3 is 1.96 bits per heavy atom. The molecule has 1 saturated heterocycles. The fraction of sp³-hybridized carbons (Fsp3) is 0.435. The summed E-state index contributed by atoms with van der Waals surface area (Å²) < 4.78 is 6.01. The van der Waals surface area contributed by atoms with Gasteiger partial charge in [0.2, 0.25) is 5.78 Å². The quantitative estimate of drug-likeness (QED) is 0.516. The molecule has 0 N–H and O–H groups in total. The molecule has 0 bridgehead atoms. The number of piperidine rings is 1. The van der Waals surface area contributed by atoms with Crippen molar-refractivity contribution in [2.45, 2.75) is 64.3 Å². The van der Waals surface area contributed by atoms with Gasteiger partial charge in [0.05, 0.1) is 0 Å². The largest absolute Gasteiger partial charge is 0.455 e. The van der Waals surface area contributed by atoms with Gasteiger partial charge in [-0.2, -0.15) is 5.06 Å². The van der Waals surface area contributed by atoms with Crippen LogP contribution in [0, 0.1) is 0 Å². The number of ketones is 1. The van der Waals surface area contributed by atoms with Gasteiger partial charge in [-0.15, -0.1) is 0 Å². The first kappa shape index (κ1) is 19.6. The van der Waals surface area contributed by atoms with Crippen LogP contribution in [0.4, 0.5) is 0 Å². The van der Waals surface area contributed by atoms with E-state index >= 15 is 0 Å². The van der Waals surface area contributed by atoms with E-state index in [4.69, 9.17) is 9.57 Å². The Bertz CT molecular complexity index is 740. The van der Waals surface area contributed by atoms with Gasteiger partial charge >= 0.3 is 0 Å². The SMILES string of the molecule is CC1(C)CCCC(C)(C)N1OC(Oc1ccccc1)C(=O)c1ccccc1. The Morgan fingerprint density at radius 2 is 1.41 bits per heavy atom. The lowest BCUT2D eigenvalue weighted by molar-refractivity contribution is -0.323. The third-order valence-corrected chi connectivity index (χ3v) is 5.14. The maximum Gasteiger partial charge on any atom is 0.281 e. The number of hydrogen-bond acceptors (Lipinski definition) is 4. The number of rotatable bonds is 6. The number of nitrogens with zero attached hydrogens (tertiary/aromatic N) is 1. The maximum absolute atomic E-state index is 13.2. The van der Waals surface area contributed by atoms with Crippen LogP contribution in [0.3, 0.4) is 0 Å². The van der Waals surface area contributed by atoms with E-state index in [0.717, 1.165) is 19.3 Å². The Labute approximate surface area is 162 Å². The number of carbonyl (C=O) groups excluding carboxylic acids is 1. The highest BCUT2D eigenvalue weighted by Crippen LogP contribution is 2.39. The first-order valence-corrected chi connectivity index (χ1v) is 9.58. The van der Waals surface area contributed by atoms with Gasteiger partial charge in [-0.25, -0.2) is 4.84 Å². The molecule has 0 aromatic heterocycles. The van der Waals surface area contributed by atoms with E-state index < -0.39 is 6.29 Å². The maximum atomic E-state index is 13.2. The first-order chi connectivity index (χ1) is 12.8. The van der Waals surface area contributed by atoms with Crippen LogP contribution in [0.15, 0.2) is 60.7 Å². The Kier molecular flexibility index (Phi) is 5.68. The predicted octanol–water partition coefficient (Wildman–Crippen LogP) is 5.25. The molecule has 0 aliphatic carbocycles. The van der Waals surface area contributed by atoms with Gasteiger partial charge in [-0.1, -0.05) is 48.5 Å². The van der Waals surface area contributed by atoms with Crippen molar-refractivity contribution in [3.63, 3.8) is 0 Å². The molecule has 1 aliphatic heterocycles. The zero-order valence-corrected chi connectivity index (χ0v) is 16.6. The third-order valence-electron chi connectivity index (χ3n) is 5.14. The summed E-state index contributed by atoms with van der Waals surface area (Å²) in [6.07, 6.45) is 2.12. The summed E-state index contributed by atoms with van der Waals surface area (Å²) in [5.74, 6) is 0.427. The molecule has 2 aromatic carbocycles. The summed E-state index contributed by atoms with van der Waals surface area (Å²) in [6.45, 7) is 8.61. The van der Waals surface area contributed by atoms with Gasteiger partial charge in [-0.3, -0.25) is 4.79 Å². The number of Topliss-reactive ketones (excluding diaryl/α,β-unsaturated/α-hetero) is 1. The Balaban J connectivity index is 1.90. The monoisotopic (exact) mass is 367 g/mol. The lowest BCUT2D eigenvalue weighted by atomic mass is 9.82. The summed E-state index contributed by atoms with van der Waals surface area (Å²) in [5, 5.41) is 1.97. The second-order valence-electron chi connectivity index (χ2n) is 8.37. The van der Waals surface area contributed by atoms with Gasteiger partial charge in [0.15, 0.2) is 0 Å². The summed E-state index contributed by atoms with van der Waals surface area (Å²) in [5.41, 5.74) is 0.208. The van der Waals surface area contributed by atoms with Crippen LogP contribution in [0.5, 0.6) is 5.75 Å². The van der Waals surface area contributed by atoms with E-state index in [1.807, 2.05) is 53.6 Å². The van der Waals surface area contributed by atoms with Gasteiger partial charge in [0, 0.05) is 16.6 Å². The van der Waals surface area contributed by atoms with E-state index in [1.165, 1.54) is 0 Å². The van der Waals surface area contributed by atoms with E-state index in [-0.39, 0.29) is 16.9 Å².